The number of hydrogen-bond acceptors (Lipinski definition) is 4. The van der Waals surface area contributed by atoms with E-state index in [2.05, 4.69) is 0 Å². The fraction of sp³-hybridized carbons (Fsp3) is 0.556. The van der Waals surface area contributed by atoms with Crippen molar-refractivity contribution in [2.24, 2.45) is 5.41 Å². The van der Waals surface area contributed by atoms with Crippen molar-refractivity contribution in [3.05, 3.63) is 30.3 Å². The van der Waals surface area contributed by atoms with Crippen molar-refractivity contribution in [3.8, 4) is 0 Å². The predicted octanol–water partition coefficient (Wildman–Crippen LogP) is 2.74. The third-order valence-corrected chi connectivity index (χ3v) is 6.08. The molecule has 0 aliphatic carbocycles. The zero-order valence-electron chi connectivity index (χ0n) is 14.7. The summed E-state index contributed by atoms with van der Waals surface area (Å²) in [6.07, 6.45) is -0.563. The van der Waals surface area contributed by atoms with Crippen molar-refractivity contribution in [2.75, 3.05) is 6.61 Å². The molecule has 0 aliphatic heterocycles. The zero-order valence-corrected chi connectivity index (χ0v) is 16.4. The maximum absolute atomic E-state index is 12.7. The first-order valence-corrected chi connectivity index (χ1v) is 9.41. The molecular weight excluding hydrogens is 359 g/mol. The van der Waals surface area contributed by atoms with Crippen LogP contribution in [0.15, 0.2) is 30.3 Å². The predicted molar refractivity (Wildman–Crippen MR) is 91.8 cm³/mol. The van der Waals surface area contributed by atoms with Gasteiger partial charge in [0.2, 0.25) is 0 Å². The minimum absolute atomic E-state index is 0.242. The van der Waals surface area contributed by atoms with Gasteiger partial charge in [-0.25, -0.2) is 0 Å². The van der Waals surface area contributed by atoms with Crippen molar-refractivity contribution in [3.63, 3.8) is 0 Å². The Hall–Kier alpha value is -1.32. The first-order valence-electron chi connectivity index (χ1n) is 7.69. The number of ether oxygens (including phenoxy) is 2. The Labute approximate surface area is 145 Å². The van der Waals surface area contributed by atoms with Crippen LogP contribution in [0.2, 0.25) is 4.31 Å². The molecule has 1 aromatic rings. The van der Waals surface area contributed by atoms with E-state index in [1.807, 2.05) is 58.0 Å². The van der Waals surface area contributed by atoms with Crippen LogP contribution in [0, 0.1) is 5.41 Å². The van der Waals surface area contributed by atoms with Gasteiger partial charge >= 0.3 is 145 Å². The van der Waals surface area contributed by atoms with Crippen LogP contribution < -0.4 is 4.46 Å². The average molecular weight is 385 g/mol. The van der Waals surface area contributed by atoms with Crippen LogP contribution in [0.1, 0.15) is 41.5 Å². The normalized spacial score (nSPS) is 15.4. The van der Waals surface area contributed by atoms with E-state index in [1.54, 1.807) is 6.92 Å². The third kappa shape index (κ3) is 5.36. The van der Waals surface area contributed by atoms with Crippen molar-refractivity contribution in [2.45, 2.75) is 52.0 Å². The summed E-state index contributed by atoms with van der Waals surface area (Å²) in [6, 6.07) is 9.81. The summed E-state index contributed by atoms with van der Waals surface area (Å²) < 4.78 is 11.1. The van der Waals surface area contributed by atoms with Crippen LogP contribution in [0.3, 0.4) is 0 Å². The summed E-state index contributed by atoms with van der Waals surface area (Å²) in [5.74, 6) is -0.700. The van der Waals surface area contributed by atoms with E-state index >= 15 is 0 Å². The Morgan fingerprint density at radius 2 is 1.70 bits per heavy atom. The molecule has 1 aromatic carbocycles. The van der Waals surface area contributed by atoms with Gasteiger partial charge in [-0.2, -0.15) is 0 Å². The van der Waals surface area contributed by atoms with Gasteiger partial charge in [0.15, 0.2) is 0 Å². The first-order chi connectivity index (χ1) is 10.6. The van der Waals surface area contributed by atoms with Gasteiger partial charge in [0, 0.05) is 0 Å². The first kappa shape index (κ1) is 19.7. The number of carbonyl (C=O) groups is 2. The fourth-order valence-corrected chi connectivity index (χ4v) is 5.50. The second kappa shape index (κ2) is 7.98. The molecule has 0 aliphatic rings. The van der Waals surface area contributed by atoms with Crippen LogP contribution in [0.5, 0.6) is 0 Å². The summed E-state index contributed by atoms with van der Waals surface area (Å²) >= 11 is -0.242. The summed E-state index contributed by atoms with van der Waals surface area (Å²) in [4.78, 5) is 24.4. The molecule has 0 N–H and O–H groups in total. The van der Waals surface area contributed by atoms with E-state index in [1.165, 1.54) is 6.92 Å². The average Bonchev–Trinajstić information content (AvgIpc) is 2.44. The molecule has 0 amide bonds. The van der Waals surface area contributed by atoms with Crippen molar-refractivity contribution in [1.29, 1.82) is 0 Å². The molecule has 128 valence electrons. The standard InChI is InChI=1S/C18H26O4Se/c1-7-21-16(20)18(6,23-14-11-9-8-10-12-14)15(17(3,4)5)22-13(2)19/h8-12,15H,7H2,1-6H3/t15-,18-/m0/s1. The van der Waals surface area contributed by atoms with E-state index in [-0.39, 0.29) is 32.3 Å². The van der Waals surface area contributed by atoms with E-state index in [9.17, 15) is 9.59 Å². The quantitative estimate of drug-likeness (QED) is 0.558. The number of carbonyl (C=O) groups excluding carboxylic acids is 2. The zero-order chi connectivity index (χ0) is 17.7. The Bertz CT molecular complexity index is 536. The number of rotatable bonds is 6. The third-order valence-electron chi connectivity index (χ3n) is 3.32. The Kier molecular flexibility index (Phi) is 6.84. The summed E-state index contributed by atoms with van der Waals surface area (Å²) in [5, 5.41) is 0. The van der Waals surface area contributed by atoms with Crippen molar-refractivity contribution < 1.29 is 19.1 Å². The van der Waals surface area contributed by atoms with Crippen LogP contribution in [0.4, 0.5) is 0 Å². The van der Waals surface area contributed by atoms with Crippen LogP contribution in [-0.4, -0.2) is 39.6 Å². The van der Waals surface area contributed by atoms with E-state index < -0.39 is 10.4 Å². The Morgan fingerprint density at radius 1 is 1.13 bits per heavy atom. The molecule has 0 bridgehead atoms. The fourth-order valence-electron chi connectivity index (χ4n) is 2.49. The van der Waals surface area contributed by atoms with Crippen molar-refractivity contribution >= 4 is 31.4 Å². The van der Waals surface area contributed by atoms with E-state index in [0.29, 0.717) is 6.61 Å². The SMILES string of the molecule is CCOC(=O)[C@@](C)([Se]c1ccccc1)[C@@H](OC(C)=O)C(C)(C)C. The molecule has 2 atom stereocenters. The Balaban J connectivity index is 3.29. The molecule has 0 heterocycles. The van der Waals surface area contributed by atoms with Gasteiger partial charge in [-0.05, 0) is 0 Å². The molecule has 0 saturated heterocycles. The molecule has 0 saturated carbocycles. The summed E-state index contributed by atoms with van der Waals surface area (Å²) in [6.45, 7) is 11.2. The molecule has 0 unspecified atom stereocenters. The molecule has 1 rings (SSSR count). The summed E-state index contributed by atoms with van der Waals surface area (Å²) in [7, 11) is 0. The van der Waals surface area contributed by atoms with Gasteiger partial charge in [-0.15, -0.1) is 0 Å². The Morgan fingerprint density at radius 3 is 2.13 bits per heavy atom. The van der Waals surface area contributed by atoms with Crippen LogP contribution in [-0.2, 0) is 19.1 Å². The molecule has 23 heavy (non-hydrogen) atoms. The molecule has 0 spiro atoms. The van der Waals surface area contributed by atoms with Gasteiger partial charge in [0.1, 0.15) is 0 Å². The van der Waals surface area contributed by atoms with Gasteiger partial charge in [-0.3, -0.25) is 0 Å². The molecular formula is C18H26O4Se. The topological polar surface area (TPSA) is 52.6 Å². The van der Waals surface area contributed by atoms with Gasteiger partial charge in [0.05, 0.1) is 0 Å². The second-order valence-electron chi connectivity index (χ2n) is 6.60. The molecule has 5 heteroatoms. The van der Waals surface area contributed by atoms with E-state index in [4.69, 9.17) is 9.47 Å². The van der Waals surface area contributed by atoms with Crippen molar-refractivity contribution in [1.82, 2.24) is 0 Å². The van der Waals surface area contributed by atoms with Gasteiger partial charge in [-0.1, -0.05) is 0 Å². The number of hydrogen-bond donors (Lipinski definition) is 0. The van der Waals surface area contributed by atoms with E-state index in [0.717, 1.165) is 4.46 Å². The summed E-state index contributed by atoms with van der Waals surface area (Å²) in [5.41, 5.74) is -0.385. The van der Waals surface area contributed by atoms with Crippen LogP contribution in [0.25, 0.3) is 0 Å². The molecule has 0 aromatic heterocycles. The van der Waals surface area contributed by atoms with Gasteiger partial charge in [0.25, 0.3) is 0 Å². The maximum atomic E-state index is 12.7. The molecule has 0 radical (unpaired) electrons. The number of benzene rings is 1. The van der Waals surface area contributed by atoms with Crippen LogP contribution >= 0.6 is 0 Å². The molecule has 0 fully saturated rings. The minimum atomic E-state index is -0.895. The monoisotopic (exact) mass is 386 g/mol. The molecule has 4 nitrogen and oxygen atoms in total. The number of esters is 2. The van der Waals surface area contributed by atoms with Gasteiger partial charge < -0.3 is 0 Å². The second-order valence-corrected chi connectivity index (χ2v) is 9.79.